The number of unbranched alkanes of at least 4 members (excludes halogenated alkanes) is 15. The third kappa shape index (κ3) is 12.9. The van der Waals surface area contributed by atoms with Gasteiger partial charge >= 0.3 is 0 Å². The number of hydrogen-bond donors (Lipinski definition) is 0. The van der Waals surface area contributed by atoms with Crippen LogP contribution in [0, 0.1) is 0 Å². The molecule has 3 aromatic carbocycles. The Morgan fingerprint density at radius 2 is 1.00 bits per heavy atom. The van der Waals surface area contributed by atoms with Crippen molar-refractivity contribution >= 4 is 0 Å². The second-order valence-electron chi connectivity index (χ2n) is 13.8. The molecule has 0 aliphatic rings. The lowest BCUT2D eigenvalue weighted by Gasteiger charge is -2.12. The summed E-state index contributed by atoms with van der Waals surface area (Å²) in [7, 11) is 0. The average molecular weight is 620 g/mol. The Morgan fingerprint density at radius 3 is 1.52 bits per heavy atom. The molecule has 2 nitrogen and oxygen atoms in total. The molecule has 0 aliphatic carbocycles. The topological polar surface area (TPSA) is 8.81 Å². The first-order chi connectivity index (χ1) is 22.7. The molecular weight excluding hydrogens is 556 g/mol. The summed E-state index contributed by atoms with van der Waals surface area (Å²) in [6.45, 7) is 6.71. The summed E-state index contributed by atoms with van der Waals surface area (Å²) < 4.78 is 5.24. The monoisotopic (exact) mass is 619 g/mol. The summed E-state index contributed by atoms with van der Waals surface area (Å²) in [6.07, 6.45) is 27.1. The van der Waals surface area contributed by atoms with E-state index in [0.717, 1.165) is 25.9 Å². The van der Waals surface area contributed by atoms with Gasteiger partial charge in [-0.2, -0.15) is 0 Å². The number of nitrogens with zero attached hydrogens (tertiary/aromatic N) is 2. The average Bonchev–Trinajstić information content (AvgIpc) is 3.40. The highest BCUT2D eigenvalue weighted by molar-refractivity contribution is 5.24. The summed E-state index contributed by atoms with van der Waals surface area (Å²) in [6, 6.07) is 33.1. The maximum atomic E-state index is 2.63. The number of imidazole rings is 1. The Balaban J connectivity index is 1.30. The van der Waals surface area contributed by atoms with Gasteiger partial charge in [-0.1, -0.05) is 195 Å². The van der Waals surface area contributed by atoms with Crippen LogP contribution < -0.4 is 4.57 Å². The van der Waals surface area contributed by atoms with Crippen LogP contribution >= 0.6 is 0 Å². The molecule has 1 heterocycles. The highest BCUT2D eigenvalue weighted by atomic mass is 15.2. The van der Waals surface area contributed by atoms with E-state index in [4.69, 9.17) is 0 Å². The summed E-state index contributed by atoms with van der Waals surface area (Å²) >= 11 is 0. The molecule has 2 heteroatoms. The molecule has 1 atom stereocenters. The fraction of sp³-hybridized carbons (Fsp3) is 0.523. The first kappa shape index (κ1) is 35.7. The van der Waals surface area contributed by atoms with Crippen molar-refractivity contribution in [2.24, 2.45) is 0 Å². The molecule has 0 spiro atoms. The highest BCUT2D eigenvalue weighted by Crippen LogP contribution is 2.23. The zero-order valence-corrected chi connectivity index (χ0v) is 29.4. The standard InChI is InChI=1S/C44H63N2/c1-3-4-5-6-7-8-9-10-11-12-13-14-15-16-17-27-34-45-38-43(35-39(2)42-32-25-20-26-33-42)46(37-41-30-23-19-24-31-41)44(45)36-40-28-21-18-22-29-40/h18-26,28-33,38-39H,3-17,27,34-37H2,1-2H3/q+1. The Kier molecular flexibility index (Phi) is 16.8. The van der Waals surface area contributed by atoms with Crippen molar-refractivity contribution in [2.45, 2.75) is 148 Å². The van der Waals surface area contributed by atoms with Crippen molar-refractivity contribution in [1.29, 1.82) is 0 Å². The van der Waals surface area contributed by atoms with Gasteiger partial charge in [0.05, 0.1) is 13.0 Å². The van der Waals surface area contributed by atoms with Gasteiger partial charge in [-0.3, -0.25) is 0 Å². The molecular formula is C44H63N2+. The minimum Gasteiger partial charge on any atom is -0.234 e. The van der Waals surface area contributed by atoms with Gasteiger partial charge < -0.3 is 0 Å². The van der Waals surface area contributed by atoms with Crippen molar-refractivity contribution in [3.8, 4) is 0 Å². The molecule has 0 saturated carbocycles. The van der Waals surface area contributed by atoms with E-state index in [1.165, 1.54) is 131 Å². The van der Waals surface area contributed by atoms with Crippen LogP contribution in [0.5, 0.6) is 0 Å². The number of rotatable bonds is 24. The van der Waals surface area contributed by atoms with E-state index in [9.17, 15) is 0 Å². The van der Waals surface area contributed by atoms with Crippen molar-refractivity contribution < 1.29 is 4.57 Å². The lowest BCUT2D eigenvalue weighted by molar-refractivity contribution is -0.704. The van der Waals surface area contributed by atoms with Crippen LogP contribution in [-0.2, 0) is 25.9 Å². The Hall–Kier alpha value is -3.13. The molecule has 0 fully saturated rings. The Labute approximate surface area is 282 Å². The van der Waals surface area contributed by atoms with Gasteiger partial charge in [-0.25, -0.2) is 9.13 Å². The fourth-order valence-electron chi connectivity index (χ4n) is 6.98. The summed E-state index contributed by atoms with van der Waals surface area (Å²) in [5.74, 6) is 1.91. The summed E-state index contributed by atoms with van der Waals surface area (Å²) in [4.78, 5) is 0. The first-order valence-corrected chi connectivity index (χ1v) is 19.0. The van der Waals surface area contributed by atoms with E-state index in [0.29, 0.717) is 5.92 Å². The van der Waals surface area contributed by atoms with Gasteiger partial charge in [0.15, 0.2) is 0 Å². The number of benzene rings is 3. The normalized spacial score (nSPS) is 12.0. The summed E-state index contributed by atoms with van der Waals surface area (Å²) in [5, 5.41) is 0. The van der Waals surface area contributed by atoms with Crippen LogP contribution in [0.15, 0.2) is 97.2 Å². The van der Waals surface area contributed by atoms with Crippen molar-refractivity contribution in [3.05, 3.63) is 125 Å². The van der Waals surface area contributed by atoms with Gasteiger partial charge in [0.25, 0.3) is 5.82 Å². The van der Waals surface area contributed by atoms with Crippen molar-refractivity contribution in [2.75, 3.05) is 0 Å². The zero-order chi connectivity index (χ0) is 32.1. The minimum absolute atomic E-state index is 0.471. The molecule has 248 valence electrons. The largest absolute Gasteiger partial charge is 0.261 e. The van der Waals surface area contributed by atoms with Gasteiger partial charge in [-0.05, 0) is 35.4 Å². The molecule has 0 bridgehead atoms. The van der Waals surface area contributed by atoms with E-state index in [2.05, 4.69) is 120 Å². The quantitative estimate of drug-likeness (QED) is 0.0545. The van der Waals surface area contributed by atoms with E-state index in [-0.39, 0.29) is 0 Å². The van der Waals surface area contributed by atoms with E-state index >= 15 is 0 Å². The van der Waals surface area contributed by atoms with E-state index < -0.39 is 0 Å². The highest BCUT2D eigenvalue weighted by Gasteiger charge is 2.25. The lowest BCUT2D eigenvalue weighted by atomic mass is 9.96. The van der Waals surface area contributed by atoms with Crippen LogP contribution in [0.1, 0.15) is 151 Å². The first-order valence-electron chi connectivity index (χ1n) is 19.0. The van der Waals surface area contributed by atoms with Crippen molar-refractivity contribution in [1.82, 2.24) is 4.57 Å². The number of hydrogen-bond acceptors (Lipinski definition) is 0. The molecule has 4 aromatic rings. The summed E-state index contributed by atoms with van der Waals surface area (Å²) in [5.41, 5.74) is 5.63. The second-order valence-corrected chi connectivity index (χ2v) is 13.8. The molecule has 0 aliphatic heterocycles. The maximum Gasteiger partial charge on any atom is 0.261 e. The van der Waals surface area contributed by atoms with E-state index in [1.54, 1.807) is 0 Å². The smallest absolute Gasteiger partial charge is 0.234 e. The Morgan fingerprint density at radius 1 is 0.543 bits per heavy atom. The van der Waals surface area contributed by atoms with Gasteiger partial charge in [0.2, 0.25) is 0 Å². The van der Waals surface area contributed by atoms with Crippen LogP contribution in [0.4, 0.5) is 0 Å². The van der Waals surface area contributed by atoms with Crippen LogP contribution in [0.25, 0.3) is 0 Å². The van der Waals surface area contributed by atoms with E-state index in [1.807, 2.05) is 0 Å². The predicted molar refractivity (Wildman–Crippen MR) is 198 cm³/mol. The fourth-order valence-corrected chi connectivity index (χ4v) is 6.98. The van der Waals surface area contributed by atoms with Gasteiger partial charge in [0.1, 0.15) is 18.4 Å². The molecule has 0 radical (unpaired) electrons. The van der Waals surface area contributed by atoms with Crippen LogP contribution in [0.3, 0.4) is 0 Å². The lowest BCUT2D eigenvalue weighted by Crippen LogP contribution is -2.37. The third-order valence-electron chi connectivity index (χ3n) is 9.82. The maximum absolute atomic E-state index is 2.63. The predicted octanol–water partition coefficient (Wildman–Crippen LogP) is 12.0. The molecule has 46 heavy (non-hydrogen) atoms. The zero-order valence-electron chi connectivity index (χ0n) is 29.4. The van der Waals surface area contributed by atoms with Crippen molar-refractivity contribution in [3.63, 3.8) is 0 Å². The SMILES string of the molecule is CCCCCCCCCCCCCCCCCC[n+]1cc(CC(C)c2ccccc2)n(Cc2ccccc2)c1Cc1ccccc1. The molecule has 4 rings (SSSR count). The number of aromatic nitrogens is 2. The van der Waals surface area contributed by atoms with Crippen LogP contribution in [0.2, 0.25) is 0 Å². The molecule has 0 saturated heterocycles. The minimum atomic E-state index is 0.471. The second kappa shape index (κ2) is 21.6. The van der Waals surface area contributed by atoms with Gasteiger partial charge in [-0.15, -0.1) is 0 Å². The molecule has 1 aromatic heterocycles. The molecule has 0 N–H and O–H groups in total. The van der Waals surface area contributed by atoms with Crippen LogP contribution in [-0.4, -0.2) is 4.57 Å². The Bertz CT molecular complexity index is 1310. The molecule has 1 unspecified atom stereocenters. The van der Waals surface area contributed by atoms with Gasteiger partial charge in [0, 0.05) is 6.42 Å². The third-order valence-corrected chi connectivity index (χ3v) is 9.82. The number of aryl methyl sites for hydroxylation is 1. The molecule has 0 amide bonds.